The van der Waals surface area contributed by atoms with Crippen molar-refractivity contribution >= 4 is 0 Å². The highest BCUT2D eigenvalue weighted by Crippen LogP contribution is 2.30. The lowest BCUT2D eigenvalue weighted by atomic mass is 9.93. The van der Waals surface area contributed by atoms with Crippen LogP contribution in [0.3, 0.4) is 0 Å². The Hall–Kier alpha value is -1.06. The van der Waals surface area contributed by atoms with Crippen molar-refractivity contribution in [2.45, 2.75) is 38.3 Å². The maximum Gasteiger partial charge on any atom is 0.123 e. The molecular weight excluding hydrogens is 236 g/mol. The second-order valence-electron chi connectivity index (χ2n) is 6.02. The van der Waals surface area contributed by atoms with Crippen molar-refractivity contribution in [1.82, 2.24) is 10.2 Å². The number of piperazine rings is 1. The molecule has 2 atom stereocenters. The quantitative estimate of drug-likeness (QED) is 0.900. The first-order chi connectivity index (χ1) is 9.21. The molecule has 1 aromatic carbocycles. The Labute approximate surface area is 115 Å². The third-order valence-corrected chi connectivity index (χ3v) is 4.73. The summed E-state index contributed by atoms with van der Waals surface area (Å²) in [5.41, 5.74) is 1.64. The van der Waals surface area contributed by atoms with Crippen LogP contribution in [0.25, 0.3) is 0 Å². The molecule has 0 bridgehead atoms. The first kappa shape index (κ1) is 12.9. The van der Waals surface area contributed by atoms with Crippen molar-refractivity contribution in [3.05, 3.63) is 29.8 Å². The topological polar surface area (TPSA) is 24.5 Å². The molecule has 104 valence electrons. The highest BCUT2D eigenvalue weighted by atomic mass is 16.5. The molecule has 1 fully saturated rings. The first-order valence-corrected chi connectivity index (χ1v) is 7.41. The van der Waals surface area contributed by atoms with Gasteiger partial charge in [-0.15, -0.1) is 0 Å². The number of para-hydroxylation sites is 1. The molecule has 0 radical (unpaired) electrons. The average Bonchev–Trinajstić information content (AvgIpc) is 2.84. The van der Waals surface area contributed by atoms with E-state index in [0.717, 1.165) is 38.3 Å². The zero-order valence-electron chi connectivity index (χ0n) is 12.0. The molecule has 1 N–H and O–H groups in total. The number of hydrogen-bond acceptors (Lipinski definition) is 3. The lowest BCUT2D eigenvalue weighted by Gasteiger charge is -2.45. The van der Waals surface area contributed by atoms with E-state index in [0.29, 0.717) is 6.10 Å². The Kier molecular flexibility index (Phi) is 3.50. The summed E-state index contributed by atoms with van der Waals surface area (Å²) >= 11 is 0. The predicted octanol–water partition coefficient (Wildman–Crippen LogP) is 2.06. The minimum Gasteiger partial charge on any atom is -0.488 e. The summed E-state index contributed by atoms with van der Waals surface area (Å²) in [5.74, 6) is 1.08. The minimum atomic E-state index is 0.274. The molecule has 2 unspecified atom stereocenters. The standard InChI is InChI=1S/C16H24N2O/c1-3-16(2)12-17-8-9-18(16)11-14-10-13-6-4-5-7-15(13)19-14/h4-7,14,17H,3,8-12H2,1-2H3. The van der Waals surface area contributed by atoms with Crippen LogP contribution in [0.4, 0.5) is 0 Å². The third kappa shape index (κ3) is 2.49. The van der Waals surface area contributed by atoms with Gasteiger partial charge in [-0.1, -0.05) is 25.1 Å². The summed E-state index contributed by atoms with van der Waals surface area (Å²) in [4.78, 5) is 2.61. The zero-order valence-corrected chi connectivity index (χ0v) is 12.0. The van der Waals surface area contributed by atoms with Crippen LogP contribution in [0.2, 0.25) is 0 Å². The van der Waals surface area contributed by atoms with Gasteiger partial charge in [0.25, 0.3) is 0 Å². The molecule has 1 aromatic rings. The molecule has 0 amide bonds. The second-order valence-corrected chi connectivity index (χ2v) is 6.02. The minimum absolute atomic E-state index is 0.274. The van der Waals surface area contributed by atoms with Crippen molar-refractivity contribution in [2.24, 2.45) is 0 Å². The van der Waals surface area contributed by atoms with E-state index in [4.69, 9.17) is 4.74 Å². The van der Waals surface area contributed by atoms with Gasteiger partial charge in [-0.3, -0.25) is 4.90 Å². The molecule has 2 aliphatic rings. The number of nitrogens with one attached hydrogen (secondary N) is 1. The fourth-order valence-electron chi connectivity index (χ4n) is 3.22. The molecule has 3 heteroatoms. The van der Waals surface area contributed by atoms with E-state index in [9.17, 15) is 0 Å². The fourth-order valence-corrected chi connectivity index (χ4v) is 3.22. The first-order valence-electron chi connectivity index (χ1n) is 7.41. The molecule has 2 heterocycles. The smallest absolute Gasteiger partial charge is 0.123 e. The van der Waals surface area contributed by atoms with Crippen molar-refractivity contribution in [3.63, 3.8) is 0 Å². The van der Waals surface area contributed by atoms with Gasteiger partial charge in [-0.2, -0.15) is 0 Å². The van der Waals surface area contributed by atoms with Crippen LogP contribution in [0, 0.1) is 0 Å². The summed E-state index contributed by atoms with van der Waals surface area (Å²) in [6.45, 7) is 8.99. The monoisotopic (exact) mass is 260 g/mol. The van der Waals surface area contributed by atoms with E-state index in [1.807, 2.05) is 0 Å². The van der Waals surface area contributed by atoms with Crippen LogP contribution in [0.15, 0.2) is 24.3 Å². The van der Waals surface area contributed by atoms with E-state index in [-0.39, 0.29) is 5.54 Å². The number of ether oxygens (including phenoxy) is 1. The molecule has 1 saturated heterocycles. The number of rotatable bonds is 3. The number of nitrogens with zero attached hydrogens (tertiary/aromatic N) is 1. The second kappa shape index (κ2) is 5.14. The van der Waals surface area contributed by atoms with Crippen molar-refractivity contribution < 1.29 is 4.74 Å². The lowest BCUT2D eigenvalue weighted by molar-refractivity contribution is 0.0367. The molecule has 0 spiro atoms. The van der Waals surface area contributed by atoms with Crippen LogP contribution in [-0.4, -0.2) is 42.7 Å². The van der Waals surface area contributed by atoms with Gasteiger partial charge in [-0.25, -0.2) is 0 Å². The van der Waals surface area contributed by atoms with Crippen LogP contribution >= 0.6 is 0 Å². The van der Waals surface area contributed by atoms with Crippen molar-refractivity contribution in [2.75, 3.05) is 26.2 Å². The average molecular weight is 260 g/mol. The molecule has 19 heavy (non-hydrogen) atoms. The van der Waals surface area contributed by atoms with E-state index >= 15 is 0 Å². The maximum absolute atomic E-state index is 6.09. The molecular formula is C16H24N2O. The van der Waals surface area contributed by atoms with E-state index < -0.39 is 0 Å². The highest BCUT2D eigenvalue weighted by molar-refractivity contribution is 5.37. The Bertz CT molecular complexity index is 423. The number of benzene rings is 1. The summed E-state index contributed by atoms with van der Waals surface area (Å²) in [6, 6.07) is 8.44. The number of hydrogen-bond donors (Lipinski definition) is 1. The molecule has 0 aromatic heterocycles. The van der Waals surface area contributed by atoms with E-state index in [2.05, 4.69) is 48.3 Å². The Balaban J connectivity index is 1.66. The van der Waals surface area contributed by atoms with Gasteiger partial charge in [0.05, 0.1) is 0 Å². The van der Waals surface area contributed by atoms with Crippen LogP contribution in [0.5, 0.6) is 5.75 Å². The maximum atomic E-state index is 6.09. The summed E-state index contributed by atoms with van der Waals surface area (Å²) in [7, 11) is 0. The van der Waals surface area contributed by atoms with Crippen molar-refractivity contribution in [1.29, 1.82) is 0 Å². The molecule has 0 saturated carbocycles. The SMILES string of the molecule is CCC1(C)CNCCN1CC1Cc2ccccc2O1. The van der Waals surface area contributed by atoms with Crippen molar-refractivity contribution in [3.8, 4) is 5.75 Å². The Morgan fingerprint density at radius 3 is 3.05 bits per heavy atom. The molecule has 2 aliphatic heterocycles. The largest absolute Gasteiger partial charge is 0.488 e. The highest BCUT2D eigenvalue weighted by Gasteiger charge is 2.35. The fraction of sp³-hybridized carbons (Fsp3) is 0.625. The summed E-state index contributed by atoms with van der Waals surface area (Å²) in [5, 5.41) is 3.52. The molecule has 3 rings (SSSR count). The third-order valence-electron chi connectivity index (χ3n) is 4.73. The zero-order chi connectivity index (χ0) is 13.3. The molecule has 3 nitrogen and oxygen atoms in total. The van der Waals surface area contributed by atoms with Gasteiger partial charge < -0.3 is 10.1 Å². The van der Waals surface area contributed by atoms with Gasteiger partial charge >= 0.3 is 0 Å². The predicted molar refractivity (Wildman–Crippen MR) is 77.7 cm³/mol. The summed E-state index contributed by atoms with van der Waals surface area (Å²) in [6.07, 6.45) is 2.56. The summed E-state index contributed by atoms with van der Waals surface area (Å²) < 4.78 is 6.09. The normalized spacial score (nSPS) is 30.9. The van der Waals surface area contributed by atoms with E-state index in [1.165, 1.54) is 12.0 Å². The van der Waals surface area contributed by atoms with Crippen LogP contribution < -0.4 is 10.1 Å². The molecule has 0 aliphatic carbocycles. The van der Waals surface area contributed by atoms with Crippen LogP contribution in [-0.2, 0) is 6.42 Å². The van der Waals surface area contributed by atoms with Gasteiger partial charge in [0.2, 0.25) is 0 Å². The number of fused-ring (bicyclic) bond motifs is 1. The Morgan fingerprint density at radius 1 is 1.42 bits per heavy atom. The Morgan fingerprint density at radius 2 is 2.26 bits per heavy atom. The van der Waals surface area contributed by atoms with Gasteiger partial charge in [-0.05, 0) is 25.0 Å². The lowest BCUT2D eigenvalue weighted by Crippen LogP contribution is -2.61. The van der Waals surface area contributed by atoms with Gasteiger partial charge in [0.15, 0.2) is 0 Å². The van der Waals surface area contributed by atoms with Crippen LogP contribution in [0.1, 0.15) is 25.8 Å². The van der Waals surface area contributed by atoms with Gasteiger partial charge in [0.1, 0.15) is 11.9 Å². The van der Waals surface area contributed by atoms with Gasteiger partial charge in [0, 0.05) is 38.1 Å². The van der Waals surface area contributed by atoms with E-state index in [1.54, 1.807) is 0 Å².